The Hall–Kier alpha value is -1.93. The SMILES string of the molecule is CC[C@@H]1C(=O)[C@@H](CC)[C@@H](c2ccccc2)N[C@@H]1c1ccccc1. The molecule has 1 N–H and O–H groups in total. The van der Waals surface area contributed by atoms with Crippen molar-refractivity contribution in [2.24, 2.45) is 11.8 Å². The van der Waals surface area contributed by atoms with E-state index < -0.39 is 0 Å². The molecule has 2 nitrogen and oxygen atoms in total. The van der Waals surface area contributed by atoms with Crippen LogP contribution in [0.5, 0.6) is 0 Å². The Morgan fingerprint density at radius 2 is 1.13 bits per heavy atom. The van der Waals surface area contributed by atoms with E-state index in [1.165, 1.54) is 11.1 Å². The second-order valence-electron chi connectivity index (χ2n) is 6.38. The Morgan fingerprint density at radius 1 is 0.739 bits per heavy atom. The van der Waals surface area contributed by atoms with Crippen molar-refractivity contribution in [3.8, 4) is 0 Å². The van der Waals surface area contributed by atoms with Gasteiger partial charge in [-0.15, -0.1) is 0 Å². The average Bonchev–Trinajstić information content (AvgIpc) is 2.62. The van der Waals surface area contributed by atoms with Gasteiger partial charge >= 0.3 is 0 Å². The van der Waals surface area contributed by atoms with Crippen molar-refractivity contribution in [3.63, 3.8) is 0 Å². The molecule has 120 valence electrons. The first-order chi connectivity index (χ1) is 11.3. The molecular weight excluding hydrogens is 282 g/mol. The molecular formula is C21H25NO. The quantitative estimate of drug-likeness (QED) is 0.887. The molecule has 1 aliphatic heterocycles. The predicted octanol–water partition coefficient (Wildman–Crippen LogP) is 4.69. The summed E-state index contributed by atoms with van der Waals surface area (Å²) in [5.41, 5.74) is 2.42. The smallest absolute Gasteiger partial charge is 0.142 e. The highest BCUT2D eigenvalue weighted by Crippen LogP contribution is 2.40. The Balaban J connectivity index is 1.99. The van der Waals surface area contributed by atoms with Gasteiger partial charge in [-0.1, -0.05) is 74.5 Å². The molecule has 4 atom stereocenters. The van der Waals surface area contributed by atoms with Crippen molar-refractivity contribution in [1.82, 2.24) is 5.32 Å². The summed E-state index contributed by atoms with van der Waals surface area (Å²) >= 11 is 0. The first kappa shape index (κ1) is 15.9. The highest BCUT2D eigenvalue weighted by atomic mass is 16.1. The molecule has 1 heterocycles. The van der Waals surface area contributed by atoms with Gasteiger partial charge in [-0.2, -0.15) is 0 Å². The van der Waals surface area contributed by atoms with E-state index in [9.17, 15) is 4.79 Å². The summed E-state index contributed by atoms with van der Waals surface area (Å²) in [5, 5.41) is 3.80. The van der Waals surface area contributed by atoms with E-state index in [2.05, 4.69) is 67.7 Å². The van der Waals surface area contributed by atoms with E-state index in [-0.39, 0.29) is 23.9 Å². The number of carbonyl (C=O) groups excluding carboxylic acids is 1. The number of benzene rings is 2. The fraction of sp³-hybridized carbons (Fsp3) is 0.381. The van der Waals surface area contributed by atoms with Crippen LogP contribution in [0.15, 0.2) is 60.7 Å². The fourth-order valence-corrected chi connectivity index (χ4v) is 3.88. The first-order valence-corrected chi connectivity index (χ1v) is 8.65. The lowest BCUT2D eigenvalue weighted by Crippen LogP contribution is -2.48. The maximum atomic E-state index is 13.1. The largest absolute Gasteiger partial charge is 0.302 e. The normalized spacial score (nSPS) is 27.8. The summed E-state index contributed by atoms with van der Waals surface area (Å²) in [5.74, 6) is 0.529. The lowest BCUT2D eigenvalue weighted by atomic mass is 9.73. The molecule has 3 rings (SSSR count). The second-order valence-corrected chi connectivity index (χ2v) is 6.38. The van der Waals surface area contributed by atoms with Gasteiger partial charge in [0, 0.05) is 23.9 Å². The van der Waals surface area contributed by atoms with E-state index in [4.69, 9.17) is 0 Å². The van der Waals surface area contributed by atoms with E-state index in [0.29, 0.717) is 5.78 Å². The molecule has 0 bridgehead atoms. The van der Waals surface area contributed by atoms with Gasteiger partial charge in [-0.25, -0.2) is 0 Å². The number of nitrogens with one attached hydrogen (secondary N) is 1. The van der Waals surface area contributed by atoms with Gasteiger partial charge in [0.15, 0.2) is 0 Å². The minimum absolute atomic E-state index is 0.0577. The lowest BCUT2D eigenvalue weighted by molar-refractivity contribution is -0.132. The molecule has 1 saturated heterocycles. The Labute approximate surface area is 138 Å². The third kappa shape index (κ3) is 3.09. The van der Waals surface area contributed by atoms with Crippen molar-refractivity contribution in [3.05, 3.63) is 71.8 Å². The summed E-state index contributed by atoms with van der Waals surface area (Å²) in [4.78, 5) is 13.1. The summed E-state index contributed by atoms with van der Waals surface area (Å²) in [6, 6.07) is 21.0. The maximum Gasteiger partial charge on any atom is 0.142 e. The van der Waals surface area contributed by atoms with Crippen LogP contribution in [0.25, 0.3) is 0 Å². The summed E-state index contributed by atoms with van der Waals surface area (Å²) in [6.07, 6.45) is 1.76. The zero-order valence-corrected chi connectivity index (χ0v) is 13.9. The standard InChI is InChI=1S/C21H25NO/c1-3-17-19(15-11-7-5-8-12-15)22-20(18(4-2)21(17)23)16-13-9-6-10-14-16/h5-14,17-20,22H,3-4H2,1-2H3/t17-,18-,19+,20+/m0/s1. The summed E-state index contributed by atoms with van der Waals surface area (Å²) in [7, 11) is 0. The first-order valence-electron chi connectivity index (χ1n) is 8.65. The van der Waals surface area contributed by atoms with Crippen molar-refractivity contribution < 1.29 is 4.79 Å². The van der Waals surface area contributed by atoms with Gasteiger partial charge in [-0.3, -0.25) is 4.79 Å². The molecule has 23 heavy (non-hydrogen) atoms. The number of piperidine rings is 1. The van der Waals surface area contributed by atoms with Crippen molar-refractivity contribution in [2.75, 3.05) is 0 Å². The monoisotopic (exact) mass is 307 g/mol. The molecule has 1 fully saturated rings. The lowest BCUT2D eigenvalue weighted by Gasteiger charge is -2.41. The van der Waals surface area contributed by atoms with Crippen LogP contribution in [0.3, 0.4) is 0 Å². The minimum atomic E-state index is 0.0577. The molecule has 0 spiro atoms. The number of ketones is 1. The predicted molar refractivity (Wildman–Crippen MR) is 94.1 cm³/mol. The molecule has 0 amide bonds. The van der Waals surface area contributed by atoms with Gasteiger partial charge < -0.3 is 5.32 Å². The number of carbonyl (C=O) groups is 1. The molecule has 2 aromatic carbocycles. The molecule has 0 aromatic heterocycles. The van der Waals surface area contributed by atoms with Crippen LogP contribution >= 0.6 is 0 Å². The zero-order chi connectivity index (χ0) is 16.2. The van der Waals surface area contributed by atoms with Crippen LogP contribution < -0.4 is 5.32 Å². The van der Waals surface area contributed by atoms with Gasteiger partial charge in [-0.05, 0) is 24.0 Å². The third-order valence-electron chi connectivity index (χ3n) is 5.09. The molecule has 1 aliphatic rings. The molecule has 2 aromatic rings. The van der Waals surface area contributed by atoms with Crippen molar-refractivity contribution in [2.45, 2.75) is 38.8 Å². The number of hydrogen-bond donors (Lipinski definition) is 1. The molecule has 0 aliphatic carbocycles. The van der Waals surface area contributed by atoms with Gasteiger partial charge in [0.05, 0.1) is 0 Å². The van der Waals surface area contributed by atoms with Crippen LogP contribution in [-0.2, 0) is 4.79 Å². The fourth-order valence-electron chi connectivity index (χ4n) is 3.88. The Bertz CT molecular complexity index is 582. The van der Waals surface area contributed by atoms with Gasteiger partial charge in [0.25, 0.3) is 0 Å². The zero-order valence-electron chi connectivity index (χ0n) is 13.9. The molecule has 2 heteroatoms. The Kier molecular flexibility index (Phi) is 4.92. The molecule has 0 unspecified atom stereocenters. The van der Waals surface area contributed by atoms with E-state index >= 15 is 0 Å². The topological polar surface area (TPSA) is 29.1 Å². The molecule has 0 radical (unpaired) electrons. The van der Waals surface area contributed by atoms with Gasteiger partial charge in [0.1, 0.15) is 5.78 Å². The van der Waals surface area contributed by atoms with Crippen molar-refractivity contribution >= 4 is 5.78 Å². The minimum Gasteiger partial charge on any atom is -0.302 e. The van der Waals surface area contributed by atoms with E-state index in [1.807, 2.05) is 12.1 Å². The van der Waals surface area contributed by atoms with Gasteiger partial charge in [0.2, 0.25) is 0 Å². The van der Waals surface area contributed by atoms with E-state index in [1.54, 1.807) is 0 Å². The van der Waals surface area contributed by atoms with Crippen LogP contribution in [-0.4, -0.2) is 5.78 Å². The number of rotatable bonds is 4. The van der Waals surface area contributed by atoms with Crippen LogP contribution in [0, 0.1) is 11.8 Å². The second kappa shape index (κ2) is 7.10. The van der Waals surface area contributed by atoms with Crippen LogP contribution in [0.1, 0.15) is 49.9 Å². The van der Waals surface area contributed by atoms with E-state index in [0.717, 1.165) is 12.8 Å². The number of hydrogen-bond acceptors (Lipinski definition) is 2. The third-order valence-corrected chi connectivity index (χ3v) is 5.09. The summed E-state index contributed by atoms with van der Waals surface area (Å²) < 4.78 is 0. The van der Waals surface area contributed by atoms with Crippen LogP contribution in [0.2, 0.25) is 0 Å². The maximum absolute atomic E-state index is 13.1. The summed E-state index contributed by atoms with van der Waals surface area (Å²) in [6.45, 7) is 4.24. The Morgan fingerprint density at radius 3 is 1.48 bits per heavy atom. The highest BCUT2D eigenvalue weighted by molar-refractivity contribution is 5.86. The van der Waals surface area contributed by atoms with Crippen LogP contribution in [0.4, 0.5) is 0 Å². The number of Topliss-reactive ketones (excluding diaryl/α,β-unsaturated/α-hetero) is 1. The van der Waals surface area contributed by atoms with Crippen molar-refractivity contribution in [1.29, 1.82) is 0 Å². The average molecular weight is 307 g/mol. The highest BCUT2D eigenvalue weighted by Gasteiger charge is 2.42. The molecule has 0 saturated carbocycles.